The van der Waals surface area contributed by atoms with Gasteiger partial charge in [-0.2, -0.15) is 0 Å². The number of esters is 1. The molecule has 2 rings (SSSR count). The van der Waals surface area contributed by atoms with E-state index in [1.165, 1.54) is 18.2 Å². The molecule has 0 aliphatic rings. The number of Topliss-reactive ketones (excluding diaryl/α,β-unsaturated/α-hetero) is 1. The molecule has 3 nitrogen and oxygen atoms in total. The Morgan fingerprint density at radius 1 is 0.913 bits per heavy atom. The van der Waals surface area contributed by atoms with Gasteiger partial charge in [-0.3, -0.25) is 4.79 Å². The zero-order valence-electron chi connectivity index (χ0n) is 13.0. The summed E-state index contributed by atoms with van der Waals surface area (Å²) < 4.78 is 5.23. The first-order valence-corrected chi connectivity index (χ1v) is 7.82. The predicted octanol–water partition coefficient (Wildman–Crippen LogP) is 5.04. The highest BCUT2D eigenvalue weighted by Crippen LogP contribution is 2.23. The largest absolute Gasteiger partial charge is 0.451 e. The smallest absolute Gasteiger partial charge is 0.338 e. The number of carbonyl (C=O) groups is 2. The number of carbonyl (C=O) groups excluding carboxylic acids is 2. The van der Waals surface area contributed by atoms with Gasteiger partial charge < -0.3 is 4.74 Å². The zero-order valence-corrected chi connectivity index (χ0v) is 14.5. The van der Waals surface area contributed by atoms with Gasteiger partial charge in [0.2, 0.25) is 5.78 Å². The normalized spacial score (nSPS) is 11.9. The van der Waals surface area contributed by atoms with E-state index in [9.17, 15) is 9.59 Å². The number of ketones is 1. The Bertz CT molecular complexity index is 769. The van der Waals surface area contributed by atoms with E-state index in [0.29, 0.717) is 10.6 Å². The molecular weight excluding hydrogens is 335 g/mol. The molecule has 0 radical (unpaired) electrons. The molecule has 0 fully saturated rings. The fraction of sp³-hybridized carbons (Fsp3) is 0.222. The number of rotatable bonds is 4. The lowest BCUT2D eigenvalue weighted by Crippen LogP contribution is -2.24. The van der Waals surface area contributed by atoms with Crippen LogP contribution in [0.3, 0.4) is 0 Å². The minimum atomic E-state index is -0.890. The second kappa shape index (κ2) is 7.16. The van der Waals surface area contributed by atoms with Gasteiger partial charge in [0.05, 0.1) is 15.6 Å². The molecule has 5 heteroatoms. The van der Waals surface area contributed by atoms with E-state index < -0.39 is 12.1 Å². The van der Waals surface area contributed by atoms with E-state index in [1.54, 1.807) is 19.1 Å². The summed E-state index contributed by atoms with van der Waals surface area (Å²) in [5, 5.41) is 0.608. The molecule has 0 saturated carbocycles. The van der Waals surface area contributed by atoms with Crippen LogP contribution in [0.1, 0.15) is 38.8 Å². The Balaban J connectivity index is 2.12. The maximum Gasteiger partial charge on any atom is 0.338 e. The number of benzene rings is 2. The van der Waals surface area contributed by atoms with Crippen LogP contribution in [0, 0.1) is 13.8 Å². The van der Waals surface area contributed by atoms with Crippen LogP contribution in [-0.2, 0) is 4.74 Å². The van der Waals surface area contributed by atoms with Gasteiger partial charge in [0.1, 0.15) is 0 Å². The van der Waals surface area contributed by atoms with Gasteiger partial charge >= 0.3 is 5.97 Å². The Morgan fingerprint density at radius 2 is 1.57 bits per heavy atom. The molecule has 0 aliphatic carbocycles. The SMILES string of the molecule is Cc1ccc(C(=O)[C@H](C)OC(=O)c2ccc(Cl)c(Cl)c2)cc1C. The molecule has 0 amide bonds. The number of ether oxygens (including phenoxy) is 1. The standard InChI is InChI=1S/C18H16Cl2O3/c1-10-4-5-13(8-11(10)2)17(21)12(3)23-18(22)14-6-7-15(19)16(20)9-14/h4-9,12H,1-3H3/t12-/m0/s1. The summed E-state index contributed by atoms with van der Waals surface area (Å²) in [5.74, 6) is -0.866. The number of halogens is 2. The summed E-state index contributed by atoms with van der Waals surface area (Å²) in [6.45, 7) is 5.45. The number of aryl methyl sites for hydroxylation is 2. The van der Waals surface area contributed by atoms with Gasteiger partial charge in [-0.1, -0.05) is 35.3 Å². The van der Waals surface area contributed by atoms with Gasteiger partial charge in [-0.05, 0) is 56.2 Å². The van der Waals surface area contributed by atoms with Crippen LogP contribution in [0.25, 0.3) is 0 Å². The highest BCUT2D eigenvalue weighted by Gasteiger charge is 2.21. The maximum absolute atomic E-state index is 12.4. The Hall–Kier alpha value is -1.84. The highest BCUT2D eigenvalue weighted by atomic mass is 35.5. The molecule has 0 spiro atoms. The third kappa shape index (κ3) is 4.12. The van der Waals surface area contributed by atoms with Gasteiger partial charge in [0.25, 0.3) is 0 Å². The molecule has 2 aromatic carbocycles. The Morgan fingerprint density at radius 3 is 2.17 bits per heavy atom. The molecule has 1 atom stereocenters. The summed E-state index contributed by atoms with van der Waals surface area (Å²) >= 11 is 11.7. The van der Waals surface area contributed by atoms with Crippen LogP contribution in [0.5, 0.6) is 0 Å². The summed E-state index contributed by atoms with van der Waals surface area (Å²) in [5.41, 5.74) is 2.88. The minimum Gasteiger partial charge on any atom is -0.451 e. The first-order chi connectivity index (χ1) is 10.8. The summed E-state index contributed by atoms with van der Waals surface area (Å²) in [6.07, 6.45) is -0.890. The molecule has 0 unspecified atom stereocenters. The van der Waals surface area contributed by atoms with E-state index in [0.717, 1.165) is 11.1 Å². The summed E-state index contributed by atoms with van der Waals surface area (Å²) in [7, 11) is 0. The second-order valence-electron chi connectivity index (χ2n) is 5.34. The van der Waals surface area contributed by atoms with Crippen molar-refractivity contribution in [3.05, 3.63) is 68.7 Å². The van der Waals surface area contributed by atoms with E-state index >= 15 is 0 Å². The molecule has 0 aliphatic heterocycles. The lowest BCUT2D eigenvalue weighted by molar-refractivity contribution is 0.0319. The molecule has 23 heavy (non-hydrogen) atoms. The van der Waals surface area contributed by atoms with Crippen LogP contribution >= 0.6 is 23.2 Å². The van der Waals surface area contributed by atoms with E-state index in [4.69, 9.17) is 27.9 Å². The maximum atomic E-state index is 12.4. The third-order valence-corrected chi connectivity index (χ3v) is 4.34. The van der Waals surface area contributed by atoms with Crippen molar-refractivity contribution >= 4 is 35.0 Å². The van der Waals surface area contributed by atoms with E-state index in [-0.39, 0.29) is 16.4 Å². The van der Waals surface area contributed by atoms with Gasteiger partial charge in [0.15, 0.2) is 6.10 Å². The van der Waals surface area contributed by atoms with Crippen LogP contribution in [-0.4, -0.2) is 17.9 Å². The van der Waals surface area contributed by atoms with Crippen molar-refractivity contribution in [3.63, 3.8) is 0 Å². The van der Waals surface area contributed by atoms with Gasteiger partial charge in [-0.15, -0.1) is 0 Å². The van der Waals surface area contributed by atoms with Crippen molar-refractivity contribution in [1.82, 2.24) is 0 Å². The molecule has 0 saturated heterocycles. The molecule has 2 aromatic rings. The molecule has 0 bridgehead atoms. The summed E-state index contributed by atoms with van der Waals surface area (Å²) in [6, 6.07) is 9.82. The van der Waals surface area contributed by atoms with Crippen molar-refractivity contribution in [2.45, 2.75) is 26.9 Å². The van der Waals surface area contributed by atoms with Crippen molar-refractivity contribution in [3.8, 4) is 0 Å². The van der Waals surface area contributed by atoms with Crippen LogP contribution in [0.4, 0.5) is 0 Å². The molecule has 0 heterocycles. The van der Waals surface area contributed by atoms with Crippen LogP contribution < -0.4 is 0 Å². The van der Waals surface area contributed by atoms with E-state index in [2.05, 4.69) is 0 Å². The average molecular weight is 351 g/mol. The fourth-order valence-electron chi connectivity index (χ4n) is 2.03. The number of hydrogen-bond donors (Lipinski definition) is 0. The summed E-state index contributed by atoms with van der Waals surface area (Å²) in [4.78, 5) is 24.5. The lowest BCUT2D eigenvalue weighted by Gasteiger charge is -2.13. The van der Waals surface area contributed by atoms with Crippen molar-refractivity contribution in [2.75, 3.05) is 0 Å². The van der Waals surface area contributed by atoms with Crippen molar-refractivity contribution in [2.24, 2.45) is 0 Å². The number of hydrogen-bond acceptors (Lipinski definition) is 3. The molecule has 0 N–H and O–H groups in total. The van der Waals surface area contributed by atoms with Crippen LogP contribution in [0.15, 0.2) is 36.4 Å². The first kappa shape index (κ1) is 17.5. The highest BCUT2D eigenvalue weighted by molar-refractivity contribution is 6.42. The first-order valence-electron chi connectivity index (χ1n) is 7.07. The molecule has 120 valence electrons. The molecule has 0 aromatic heterocycles. The van der Waals surface area contributed by atoms with Crippen LogP contribution in [0.2, 0.25) is 10.0 Å². The predicted molar refractivity (Wildman–Crippen MR) is 91.6 cm³/mol. The Kier molecular flexibility index (Phi) is 5.45. The fourth-order valence-corrected chi connectivity index (χ4v) is 2.33. The molecular formula is C18H16Cl2O3. The van der Waals surface area contributed by atoms with Crippen molar-refractivity contribution in [1.29, 1.82) is 0 Å². The van der Waals surface area contributed by atoms with Crippen molar-refractivity contribution < 1.29 is 14.3 Å². The van der Waals surface area contributed by atoms with Gasteiger partial charge in [-0.25, -0.2) is 4.79 Å². The topological polar surface area (TPSA) is 43.4 Å². The van der Waals surface area contributed by atoms with Gasteiger partial charge in [0, 0.05) is 5.56 Å². The van der Waals surface area contributed by atoms with E-state index in [1.807, 2.05) is 19.9 Å². The average Bonchev–Trinajstić information content (AvgIpc) is 2.51. The third-order valence-electron chi connectivity index (χ3n) is 3.60. The quantitative estimate of drug-likeness (QED) is 0.573. The minimum absolute atomic E-state index is 0.249. The second-order valence-corrected chi connectivity index (χ2v) is 6.15. The Labute approximate surface area is 145 Å². The zero-order chi connectivity index (χ0) is 17.1. The lowest BCUT2D eigenvalue weighted by atomic mass is 10.0. The monoisotopic (exact) mass is 350 g/mol.